The van der Waals surface area contributed by atoms with Crippen LogP contribution in [0.2, 0.25) is 0 Å². The van der Waals surface area contributed by atoms with E-state index in [0.717, 1.165) is 32.1 Å². The van der Waals surface area contributed by atoms with Gasteiger partial charge in [0.25, 0.3) is 0 Å². The lowest BCUT2D eigenvalue weighted by Gasteiger charge is -2.23. The van der Waals surface area contributed by atoms with E-state index in [2.05, 4.69) is 31.3 Å². The predicted octanol–water partition coefficient (Wildman–Crippen LogP) is 12.0. The largest absolute Gasteiger partial charge is 0.394 e. The second-order valence-corrected chi connectivity index (χ2v) is 14.9. The molecule has 0 aliphatic carbocycles. The van der Waals surface area contributed by atoms with Crippen LogP contribution in [0.4, 0.5) is 0 Å². The van der Waals surface area contributed by atoms with Gasteiger partial charge in [-0.3, -0.25) is 4.79 Å². The first-order valence-corrected chi connectivity index (χ1v) is 21.5. The molecule has 0 aliphatic heterocycles. The number of carbonyl (C=O) groups is 1. The summed E-state index contributed by atoms with van der Waals surface area (Å²) in [6.07, 6.45) is 44.9. The maximum Gasteiger partial charge on any atom is 0.249 e. The van der Waals surface area contributed by atoms with Crippen LogP contribution in [0.15, 0.2) is 12.2 Å². The Bertz CT molecular complexity index is 669. The first-order chi connectivity index (χ1) is 23.6. The number of allylic oxidation sites excluding steroid dienone is 2. The standard InChI is InChI=1S/C43H85NO4/c1-3-5-7-9-11-13-15-17-19-20-21-22-23-24-26-28-30-32-34-36-38-42(47)43(48)44-40(39-45)41(46)37-35-33-31-29-27-25-18-16-14-12-10-8-6-4-2/h22-23,40-42,45-47H,3-21,24-39H2,1-2H3,(H,44,48)/b23-22-. The number of aliphatic hydroxyl groups excluding tert-OH is 3. The van der Waals surface area contributed by atoms with Crippen molar-refractivity contribution in [1.29, 1.82) is 0 Å². The number of rotatable bonds is 39. The van der Waals surface area contributed by atoms with Gasteiger partial charge in [-0.2, -0.15) is 0 Å². The molecular weight excluding hydrogens is 594 g/mol. The molecule has 5 nitrogen and oxygen atoms in total. The minimum Gasteiger partial charge on any atom is -0.394 e. The van der Waals surface area contributed by atoms with Gasteiger partial charge in [0.15, 0.2) is 0 Å². The summed E-state index contributed by atoms with van der Waals surface area (Å²) < 4.78 is 0. The van der Waals surface area contributed by atoms with Crippen molar-refractivity contribution >= 4 is 5.91 Å². The summed E-state index contributed by atoms with van der Waals surface area (Å²) in [6.45, 7) is 4.23. The van der Waals surface area contributed by atoms with E-state index in [-0.39, 0.29) is 6.61 Å². The summed E-state index contributed by atoms with van der Waals surface area (Å²) in [5.41, 5.74) is 0. The van der Waals surface area contributed by atoms with E-state index in [1.807, 2.05) is 0 Å². The number of unbranched alkanes of at least 4 members (excludes halogenated alkanes) is 29. The van der Waals surface area contributed by atoms with Crippen LogP contribution in [0.25, 0.3) is 0 Å². The minimum absolute atomic E-state index is 0.313. The highest BCUT2D eigenvalue weighted by Gasteiger charge is 2.23. The molecule has 4 N–H and O–H groups in total. The highest BCUT2D eigenvalue weighted by Crippen LogP contribution is 2.16. The number of hydrogen-bond donors (Lipinski definition) is 4. The van der Waals surface area contributed by atoms with Crippen LogP contribution in [-0.4, -0.2) is 46.1 Å². The van der Waals surface area contributed by atoms with Gasteiger partial charge < -0.3 is 20.6 Å². The summed E-state index contributed by atoms with van der Waals surface area (Å²) in [7, 11) is 0. The smallest absolute Gasteiger partial charge is 0.249 e. The monoisotopic (exact) mass is 680 g/mol. The first kappa shape index (κ1) is 47.1. The van der Waals surface area contributed by atoms with E-state index in [1.54, 1.807) is 0 Å². The molecule has 0 spiro atoms. The van der Waals surface area contributed by atoms with Crippen molar-refractivity contribution < 1.29 is 20.1 Å². The van der Waals surface area contributed by atoms with E-state index in [0.29, 0.717) is 12.8 Å². The van der Waals surface area contributed by atoms with Gasteiger partial charge in [-0.25, -0.2) is 0 Å². The van der Waals surface area contributed by atoms with Crippen LogP contribution in [0.3, 0.4) is 0 Å². The summed E-state index contributed by atoms with van der Waals surface area (Å²) >= 11 is 0. The molecule has 3 unspecified atom stereocenters. The predicted molar refractivity (Wildman–Crippen MR) is 208 cm³/mol. The first-order valence-electron chi connectivity index (χ1n) is 21.5. The second-order valence-electron chi connectivity index (χ2n) is 14.9. The van der Waals surface area contributed by atoms with E-state index < -0.39 is 24.2 Å². The Morgan fingerprint density at radius 1 is 0.479 bits per heavy atom. The molecule has 0 saturated carbocycles. The van der Waals surface area contributed by atoms with E-state index in [4.69, 9.17) is 0 Å². The number of aliphatic hydroxyl groups is 3. The lowest BCUT2D eigenvalue weighted by atomic mass is 10.0. The molecule has 286 valence electrons. The molecule has 3 atom stereocenters. The lowest BCUT2D eigenvalue weighted by Crippen LogP contribution is -2.49. The summed E-state index contributed by atoms with van der Waals surface area (Å²) in [5, 5.41) is 33.3. The Kier molecular flexibility index (Phi) is 38.1. The van der Waals surface area contributed by atoms with Crippen LogP contribution in [0, 0.1) is 0 Å². The van der Waals surface area contributed by atoms with Crippen molar-refractivity contribution in [2.24, 2.45) is 0 Å². The average Bonchev–Trinajstić information content (AvgIpc) is 3.09. The molecule has 0 aromatic carbocycles. The molecule has 0 saturated heterocycles. The SMILES string of the molecule is CCCCCCCCCCCC/C=C\CCCCCCCCC(O)C(=O)NC(CO)C(O)CCCCCCCCCCCCCCCC. The minimum atomic E-state index is -1.08. The summed E-state index contributed by atoms with van der Waals surface area (Å²) in [5.74, 6) is -0.473. The fraction of sp³-hybridized carbons (Fsp3) is 0.930. The van der Waals surface area contributed by atoms with Crippen LogP contribution >= 0.6 is 0 Å². The number of carbonyl (C=O) groups excluding carboxylic acids is 1. The Labute approximate surface area is 299 Å². The van der Waals surface area contributed by atoms with Gasteiger partial charge >= 0.3 is 0 Å². The number of nitrogens with one attached hydrogen (secondary N) is 1. The third-order valence-corrected chi connectivity index (χ3v) is 10.1. The third kappa shape index (κ3) is 33.6. The van der Waals surface area contributed by atoms with Crippen molar-refractivity contribution in [2.75, 3.05) is 6.61 Å². The quantitative estimate of drug-likeness (QED) is 0.0384. The van der Waals surface area contributed by atoms with Gasteiger partial charge in [-0.05, 0) is 38.5 Å². The molecule has 1 amide bonds. The van der Waals surface area contributed by atoms with Crippen molar-refractivity contribution in [2.45, 2.75) is 250 Å². The van der Waals surface area contributed by atoms with Gasteiger partial charge in [0.2, 0.25) is 5.91 Å². The Morgan fingerprint density at radius 2 is 0.792 bits per heavy atom. The van der Waals surface area contributed by atoms with E-state index >= 15 is 0 Å². The van der Waals surface area contributed by atoms with Crippen LogP contribution < -0.4 is 5.32 Å². The van der Waals surface area contributed by atoms with Gasteiger partial charge in [0, 0.05) is 0 Å². The van der Waals surface area contributed by atoms with Crippen LogP contribution in [0.1, 0.15) is 232 Å². The lowest BCUT2D eigenvalue weighted by molar-refractivity contribution is -0.131. The van der Waals surface area contributed by atoms with Crippen molar-refractivity contribution in [3.8, 4) is 0 Å². The van der Waals surface area contributed by atoms with Gasteiger partial charge in [-0.1, -0.05) is 206 Å². The zero-order valence-corrected chi connectivity index (χ0v) is 32.4. The molecule has 0 radical (unpaired) electrons. The molecule has 0 aromatic heterocycles. The van der Waals surface area contributed by atoms with Crippen molar-refractivity contribution in [3.05, 3.63) is 12.2 Å². The molecule has 0 bridgehead atoms. The van der Waals surface area contributed by atoms with Gasteiger partial charge in [0.05, 0.1) is 18.8 Å². The molecule has 0 heterocycles. The Balaban J connectivity index is 3.62. The third-order valence-electron chi connectivity index (χ3n) is 10.1. The fourth-order valence-electron chi connectivity index (χ4n) is 6.72. The topological polar surface area (TPSA) is 89.8 Å². The highest BCUT2D eigenvalue weighted by atomic mass is 16.3. The zero-order chi connectivity index (χ0) is 35.2. The fourth-order valence-corrected chi connectivity index (χ4v) is 6.72. The zero-order valence-electron chi connectivity index (χ0n) is 32.4. The highest BCUT2D eigenvalue weighted by molar-refractivity contribution is 5.80. The number of hydrogen-bond acceptors (Lipinski definition) is 4. The van der Waals surface area contributed by atoms with Gasteiger partial charge in [-0.15, -0.1) is 0 Å². The van der Waals surface area contributed by atoms with Crippen molar-refractivity contribution in [1.82, 2.24) is 5.32 Å². The second kappa shape index (κ2) is 38.9. The molecule has 0 fully saturated rings. The molecular formula is C43H85NO4. The molecule has 5 heteroatoms. The summed E-state index contributed by atoms with van der Waals surface area (Å²) in [6, 6.07) is -0.710. The Hall–Kier alpha value is -0.910. The number of amides is 1. The molecule has 48 heavy (non-hydrogen) atoms. The maximum absolute atomic E-state index is 12.5. The normalized spacial score (nSPS) is 13.7. The molecule has 0 aromatic rings. The van der Waals surface area contributed by atoms with Crippen LogP contribution in [0.5, 0.6) is 0 Å². The van der Waals surface area contributed by atoms with Gasteiger partial charge in [0.1, 0.15) is 6.10 Å². The molecule has 0 rings (SSSR count). The van der Waals surface area contributed by atoms with E-state index in [9.17, 15) is 20.1 Å². The van der Waals surface area contributed by atoms with Crippen molar-refractivity contribution in [3.63, 3.8) is 0 Å². The van der Waals surface area contributed by atoms with Crippen LogP contribution in [-0.2, 0) is 4.79 Å². The van der Waals surface area contributed by atoms with E-state index in [1.165, 1.54) is 173 Å². The maximum atomic E-state index is 12.5. The average molecular weight is 680 g/mol. The summed E-state index contributed by atoms with van der Waals surface area (Å²) in [4.78, 5) is 12.5. The Morgan fingerprint density at radius 3 is 1.15 bits per heavy atom. The molecule has 0 aliphatic rings.